The molecular weight excluding hydrogens is 240 g/mol. The van der Waals surface area contributed by atoms with Gasteiger partial charge >= 0.3 is 0 Å². The van der Waals surface area contributed by atoms with Gasteiger partial charge in [0, 0.05) is 14.1 Å². The molecule has 5 heterocycles. The van der Waals surface area contributed by atoms with Crippen molar-refractivity contribution in [2.45, 2.75) is 30.8 Å². The Kier molecular flexibility index (Phi) is 1.84. The Morgan fingerprint density at radius 1 is 1.16 bits per heavy atom. The Balaban J connectivity index is 2.06. The molecule has 19 heavy (non-hydrogen) atoms. The number of hydrogen-bond acceptors (Lipinski definition) is 2. The first-order valence-electron chi connectivity index (χ1n) is 6.97. The van der Waals surface area contributed by atoms with Crippen LogP contribution in [-0.4, -0.2) is 47.3 Å². The van der Waals surface area contributed by atoms with Crippen molar-refractivity contribution in [2.75, 3.05) is 14.1 Å². The number of carbonyl (C=O) groups excluding carboxylic acids is 2. The molecule has 0 aromatic carbocycles. The van der Waals surface area contributed by atoms with Gasteiger partial charge in [0.05, 0.1) is 22.9 Å². The normalized spacial score (nSPS) is 46.8. The van der Waals surface area contributed by atoms with Gasteiger partial charge in [-0.2, -0.15) is 0 Å². The van der Waals surface area contributed by atoms with Gasteiger partial charge in [0.1, 0.15) is 0 Å². The number of carbonyl (C=O) groups is 2. The van der Waals surface area contributed by atoms with Crippen LogP contribution >= 0.6 is 0 Å². The van der Waals surface area contributed by atoms with E-state index in [1.807, 2.05) is 25.1 Å². The maximum Gasteiger partial charge on any atom is 0.235 e. The van der Waals surface area contributed by atoms with Crippen LogP contribution in [0, 0.1) is 11.3 Å². The summed E-state index contributed by atoms with van der Waals surface area (Å²) in [5.41, 5.74) is -0.974. The van der Waals surface area contributed by atoms with Crippen molar-refractivity contribution in [1.82, 2.24) is 9.80 Å². The highest BCUT2D eigenvalue weighted by Gasteiger charge is 2.66. The number of amides is 2. The molecule has 2 spiro atoms. The molecule has 2 amide bonds. The molecule has 0 aromatic heterocycles. The van der Waals surface area contributed by atoms with Crippen molar-refractivity contribution in [3.05, 3.63) is 24.3 Å². The zero-order chi connectivity index (χ0) is 13.4. The van der Waals surface area contributed by atoms with Crippen LogP contribution in [0.3, 0.4) is 0 Å². The van der Waals surface area contributed by atoms with Gasteiger partial charge < -0.3 is 9.80 Å². The number of likely N-dealkylation sites (N-methyl/N-ethyl adjacent to an activating group) is 2. The van der Waals surface area contributed by atoms with Crippen molar-refractivity contribution in [3.63, 3.8) is 0 Å². The second-order valence-corrected chi connectivity index (χ2v) is 6.30. The fraction of sp³-hybridized carbons (Fsp3) is 0.600. The molecule has 2 aliphatic carbocycles. The topological polar surface area (TPSA) is 40.6 Å². The Morgan fingerprint density at radius 2 is 1.95 bits per heavy atom. The van der Waals surface area contributed by atoms with Crippen molar-refractivity contribution in [3.8, 4) is 0 Å². The van der Waals surface area contributed by atoms with E-state index in [1.165, 1.54) is 0 Å². The molecule has 0 radical (unpaired) electrons. The molecule has 7 rings (SSSR count). The zero-order valence-corrected chi connectivity index (χ0v) is 11.3. The summed E-state index contributed by atoms with van der Waals surface area (Å²) >= 11 is 0. The molecule has 0 unspecified atom stereocenters. The van der Waals surface area contributed by atoms with Crippen molar-refractivity contribution < 1.29 is 9.59 Å². The molecule has 1 saturated carbocycles. The Morgan fingerprint density at radius 3 is 2.74 bits per heavy atom. The predicted molar refractivity (Wildman–Crippen MR) is 70.1 cm³/mol. The molecule has 4 heteroatoms. The largest absolute Gasteiger partial charge is 0.337 e. The SMILES string of the molecule is CN1C(=O)[C@@]23C=C[C@@H]1[C@H]1C=C[C@]2(CCC3)N(C)C1=O. The second kappa shape index (κ2) is 3.11. The van der Waals surface area contributed by atoms with E-state index in [4.69, 9.17) is 0 Å². The molecule has 1 saturated heterocycles. The predicted octanol–water partition coefficient (Wildman–Crippen LogP) is 0.950. The van der Waals surface area contributed by atoms with Crippen LogP contribution in [0.25, 0.3) is 0 Å². The maximum absolute atomic E-state index is 12.9. The third-order valence-electron chi connectivity index (χ3n) is 5.79. The highest BCUT2D eigenvalue weighted by atomic mass is 16.2. The molecule has 4 bridgehead atoms. The van der Waals surface area contributed by atoms with Gasteiger partial charge in [-0.25, -0.2) is 0 Å². The van der Waals surface area contributed by atoms with Gasteiger partial charge in [-0.3, -0.25) is 9.59 Å². The number of hydrogen-bond donors (Lipinski definition) is 0. The van der Waals surface area contributed by atoms with E-state index in [0.29, 0.717) is 0 Å². The summed E-state index contributed by atoms with van der Waals surface area (Å²) in [5, 5.41) is 0. The first-order chi connectivity index (χ1) is 9.03. The molecule has 4 atom stereocenters. The summed E-state index contributed by atoms with van der Waals surface area (Å²) in [7, 11) is 3.71. The molecule has 0 N–H and O–H groups in total. The summed E-state index contributed by atoms with van der Waals surface area (Å²) in [6, 6.07) is -0.122. The lowest BCUT2D eigenvalue weighted by molar-refractivity contribution is -0.160. The van der Waals surface area contributed by atoms with Crippen LogP contribution in [0.2, 0.25) is 0 Å². The highest BCUT2D eigenvalue weighted by molar-refractivity contribution is 5.95. The van der Waals surface area contributed by atoms with Gasteiger partial charge in [-0.1, -0.05) is 24.3 Å². The molecule has 100 valence electrons. The highest BCUT2D eigenvalue weighted by Crippen LogP contribution is 2.57. The lowest BCUT2D eigenvalue weighted by atomic mass is 9.62. The van der Waals surface area contributed by atoms with Crippen molar-refractivity contribution in [2.24, 2.45) is 11.3 Å². The van der Waals surface area contributed by atoms with E-state index in [1.54, 1.807) is 4.90 Å². The third-order valence-corrected chi connectivity index (χ3v) is 5.79. The molecule has 0 aromatic rings. The van der Waals surface area contributed by atoms with Crippen molar-refractivity contribution in [1.29, 1.82) is 0 Å². The number of nitrogens with zero attached hydrogens (tertiary/aromatic N) is 2. The van der Waals surface area contributed by atoms with Crippen LogP contribution in [-0.2, 0) is 9.59 Å². The Hall–Kier alpha value is -1.58. The summed E-state index contributed by atoms with van der Waals surface area (Å²) < 4.78 is 0. The van der Waals surface area contributed by atoms with E-state index in [9.17, 15) is 9.59 Å². The van der Waals surface area contributed by atoms with Crippen LogP contribution in [0.1, 0.15) is 19.3 Å². The van der Waals surface area contributed by atoms with Gasteiger partial charge in [0.15, 0.2) is 0 Å². The fourth-order valence-corrected chi connectivity index (χ4v) is 4.71. The van der Waals surface area contributed by atoms with Gasteiger partial charge in [0.25, 0.3) is 0 Å². The monoisotopic (exact) mass is 258 g/mol. The first kappa shape index (κ1) is 11.3. The molecule has 4 nitrogen and oxygen atoms in total. The average Bonchev–Trinajstić information content (AvgIpc) is 2.72. The smallest absolute Gasteiger partial charge is 0.235 e. The van der Waals surface area contributed by atoms with Crippen LogP contribution in [0.15, 0.2) is 24.3 Å². The minimum atomic E-state index is -0.537. The average molecular weight is 258 g/mol. The fourth-order valence-electron chi connectivity index (χ4n) is 4.71. The quantitative estimate of drug-likeness (QED) is 0.607. The summed E-state index contributed by atoms with van der Waals surface area (Å²) in [4.78, 5) is 29.2. The van der Waals surface area contributed by atoms with Crippen LogP contribution in [0.4, 0.5) is 0 Å². The van der Waals surface area contributed by atoms with E-state index in [-0.39, 0.29) is 23.8 Å². The molecule has 5 aliphatic heterocycles. The molecule has 2 fully saturated rings. The summed E-state index contributed by atoms with van der Waals surface area (Å²) in [5.74, 6) is 0.119. The molecule has 7 aliphatic rings. The Bertz CT molecular complexity index is 552. The van der Waals surface area contributed by atoms with E-state index in [2.05, 4.69) is 18.2 Å². The van der Waals surface area contributed by atoms with Crippen molar-refractivity contribution >= 4 is 11.8 Å². The lowest BCUT2D eigenvalue weighted by Crippen LogP contribution is -2.70. The lowest BCUT2D eigenvalue weighted by Gasteiger charge is -2.57. The van der Waals surface area contributed by atoms with Crippen LogP contribution in [0.5, 0.6) is 0 Å². The maximum atomic E-state index is 12.9. The zero-order valence-electron chi connectivity index (χ0n) is 11.3. The van der Waals surface area contributed by atoms with Gasteiger partial charge in [-0.15, -0.1) is 0 Å². The van der Waals surface area contributed by atoms with Gasteiger partial charge in [0.2, 0.25) is 11.8 Å². The minimum absolute atomic E-state index is 0.122. The second-order valence-electron chi connectivity index (χ2n) is 6.30. The van der Waals surface area contributed by atoms with E-state index in [0.717, 1.165) is 19.3 Å². The summed E-state index contributed by atoms with van der Waals surface area (Å²) in [6.45, 7) is 0. The third kappa shape index (κ3) is 0.967. The molecular formula is C15H18N2O2. The van der Waals surface area contributed by atoms with E-state index < -0.39 is 11.0 Å². The summed E-state index contributed by atoms with van der Waals surface area (Å²) in [6.07, 6.45) is 11.1. The number of rotatable bonds is 0. The van der Waals surface area contributed by atoms with Crippen LogP contribution < -0.4 is 0 Å². The Labute approximate surface area is 112 Å². The standard InChI is InChI=1S/C15H18N2O2/c1-16-11-5-8-14(13(16)19)6-3-7-15(14)9-4-10(11)12(18)17(15)2/h4-5,8-11H,3,6-7H2,1-2H3/t10-,11-,14-,15+/m1/s1. The van der Waals surface area contributed by atoms with E-state index >= 15 is 0 Å². The first-order valence-corrected chi connectivity index (χ1v) is 6.97. The van der Waals surface area contributed by atoms with Gasteiger partial charge in [-0.05, 0) is 19.3 Å². The minimum Gasteiger partial charge on any atom is -0.337 e.